The van der Waals surface area contributed by atoms with Crippen LogP contribution < -0.4 is 4.90 Å². The predicted octanol–water partition coefficient (Wildman–Crippen LogP) is 3.18. The summed E-state index contributed by atoms with van der Waals surface area (Å²) in [6.45, 7) is 3.61. The summed E-state index contributed by atoms with van der Waals surface area (Å²) in [4.78, 5) is 28.0. The zero-order valence-electron chi connectivity index (χ0n) is 15.7. The second-order valence-corrected chi connectivity index (χ2v) is 6.82. The van der Waals surface area contributed by atoms with Gasteiger partial charge in [0.2, 0.25) is 0 Å². The molecule has 2 N–H and O–H groups in total. The Morgan fingerprint density at radius 1 is 0.964 bits per heavy atom. The highest BCUT2D eigenvalue weighted by molar-refractivity contribution is 5.96. The maximum absolute atomic E-state index is 14.5. The Labute approximate surface area is 162 Å². The number of benzene rings is 2. The van der Waals surface area contributed by atoms with Crippen molar-refractivity contribution in [3.05, 3.63) is 53.3 Å². The maximum Gasteiger partial charge on any atom is 0.254 e. The number of carbonyl (C=O) groups is 2. The van der Waals surface area contributed by atoms with Gasteiger partial charge >= 0.3 is 0 Å². The smallest absolute Gasteiger partial charge is 0.254 e. The molecule has 0 bridgehead atoms. The number of aromatic hydroxyl groups is 2. The van der Waals surface area contributed by atoms with Crippen LogP contribution in [0.2, 0.25) is 0 Å². The number of carbonyl (C=O) groups excluding carboxylic acids is 2. The van der Waals surface area contributed by atoms with Crippen LogP contribution in [0.15, 0.2) is 36.4 Å². The molecule has 1 amide bonds. The first-order chi connectivity index (χ1) is 13.4. The minimum atomic E-state index is -0.440. The number of hydrogen-bond donors (Lipinski definition) is 2. The molecule has 1 aliphatic rings. The number of Topliss-reactive ketones (excluding diaryl/α,β-unsaturated/α-hetero) is 1. The molecule has 3 rings (SSSR count). The third-order valence-corrected chi connectivity index (χ3v) is 4.88. The van der Waals surface area contributed by atoms with Crippen molar-refractivity contribution in [3.63, 3.8) is 0 Å². The zero-order chi connectivity index (χ0) is 20.3. The molecule has 0 radical (unpaired) electrons. The Kier molecular flexibility index (Phi) is 5.82. The number of phenolic OH excluding ortho intramolecular Hbond substituents is 2. The van der Waals surface area contributed by atoms with Crippen LogP contribution in [0.3, 0.4) is 0 Å². The lowest BCUT2D eigenvalue weighted by atomic mass is 10.1. The van der Waals surface area contributed by atoms with E-state index in [9.17, 15) is 24.2 Å². The fraction of sp³-hybridized carbons (Fsp3) is 0.333. The highest BCUT2D eigenvalue weighted by Crippen LogP contribution is 2.27. The van der Waals surface area contributed by atoms with Crippen LogP contribution in [-0.4, -0.2) is 53.0 Å². The van der Waals surface area contributed by atoms with Crippen molar-refractivity contribution in [1.29, 1.82) is 0 Å². The Bertz CT molecular complexity index is 892. The van der Waals surface area contributed by atoms with Gasteiger partial charge in [0, 0.05) is 43.7 Å². The van der Waals surface area contributed by atoms with Gasteiger partial charge in [-0.15, -0.1) is 0 Å². The lowest BCUT2D eigenvalue weighted by Gasteiger charge is -2.36. The third-order valence-electron chi connectivity index (χ3n) is 4.88. The van der Waals surface area contributed by atoms with Crippen molar-refractivity contribution < 1.29 is 24.2 Å². The molecule has 0 spiro atoms. The van der Waals surface area contributed by atoms with E-state index < -0.39 is 5.82 Å². The van der Waals surface area contributed by atoms with Crippen molar-refractivity contribution >= 4 is 17.4 Å². The van der Waals surface area contributed by atoms with Crippen molar-refractivity contribution in [2.75, 3.05) is 31.1 Å². The van der Waals surface area contributed by atoms with E-state index in [-0.39, 0.29) is 28.8 Å². The normalized spacial score (nSPS) is 14.2. The maximum atomic E-state index is 14.5. The number of hydrogen-bond acceptors (Lipinski definition) is 5. The average molecular weight is 386 g/mol. The monoisotopic (exact) mass is 386 g/mol. The highest BCUT2D eigenvalue weighted by atomic mass is 19.1. The summed E-state index contributed by atoms with van der Waals surface area (Å²) >= 11 is 0. The molecule has 0 saturated carbocycles. The molecule has 7 heteroatoms. The van der Waals surface area contributed by atoms with Crippen LogP contribution in [0.25, 0.3) is 0 Å². The fourth-order valence-corrected chi connectivity index (χ4v) is 3.30. The Morgan fingerprint density at radius 3 is 2.25 bits per heavy atom. The van der Waals surface area contributed by atoms with Gasteiger partial charge in [-0.25, -0.2) is 4.39 Å². The van der Waals surface area contributed by atoms with Crippen LogP contribution in [-0.2, 0) is 0 Å². The summed E-state index contributed by atoms with van der Waals surface area (Å²) in [5.74, 6) is -1.39. The van der Waals surface area contributed by atoms with Crippen LogP contribution >= 0.6 is 0 Å². The molecule has 148 valence electrons. The fourth-order valence-electron chi connectivity index (χ4n) is 3.30. The average Bonchev–Trinajstić information content (AvgIpc) is 2.70. The summed E-state index contributed by atoms with van der Waals surface area (Å²) in [6.07, 6.45) is 1.11. The van der Waals surface area contributed by atoms with E-state index >= 15 is 0 Å². The van der Waals surface area contributed by atoms with Gasteiger partial charge in [0.25, 0.3) is 5.91 Å². The number of phenols is 2. The molecule has 1 saturated heterocycles. The lowest BCUT2D eigenvalue weighted by molar-refractivity contribution is 0.0746. The standard InChI is InChI=1S/C21H23FN2O4/c1-2-3-18(25)14-4-6-17(16(22)12-14)23-8-10-24(11-9-23)21(28)15-5-7-19(26)20(27)13-15/h4-7,12-13,26-27H,2-3,8-11H2,1H3. The summed E-state index contributed by atoms with van der Waals surface area (Å²) in [6, 6.07) is 8.51. The number of halogens is 1. The quantitative estimate of drug-likeness (QED) is 0.609. The summed E-state index contributed by atoms with van der Waals surface area (Å²) in [5.41, 5.74) is 1.08. The van der Waals surface area contributed by atoms with Crippen LogP contribution in [0, 0.1) is 5.82 Å². The second kappa shape index (κ2) is 8.29. The van der Waals surface area contributed by atoms with Gasteiger partial charge < -0.3 is 20.0 Å². The van der Waals surface area contributed by atoms with Crippen LogP contribution in [0.5, 0.6) is 11.5 Å². The summed E-state index contributed by atoms with van der Waals surface area (Å²) in [5, 5.41) is 18.9. The van der Waals surface area contributed by atoms with Gasteiger partial charge in [-0.05, 0) is 42.8 Å². The number of ketones is 1. The Balaban J connectivity index is 1.65. The Morgan fingerprint density at radius 2 is 1.64 bits per heavy atom. The van der Waals surface area contributed by atoms with E-state index in [4.69, 9.17) is 0 Å². The van der Waals surface area contributed by atoms with E-state index in [0.717, 1.165) is 6.42 Å². The summed E-state index contributed by atoms with van der Waals surface area (Å²) < 4.78 is 14.5. The van der Waals surface area contributed by atoms with Gasteiger partial charge in [-0.3, -0.25) is 9.59 Å². The summed E-state index contributed by atoms with van der Waals surface area (Å²) in [7, 11) is 0. The number of piperazine rings is 1. The molecule has 0 aliphatic carbocycles. The van der Waals surface area contributed by atoms with Gasteiger partial charge in [-0.1, -0.05) is 6.92 Å². The lowest BCUT2D eigenvalue weighted by Crippen LogP contribution is -2.49. The SMILES string of the molecule is CCCC(=O)c1ccc(N2CCN(C(=O)c3ccc(O)c(O)c3)CC2)c(F)c1. The van der Waals surface area contributed by atoms with Crippen molar-refractivity contribution in [1.82, 2.24) is 4.90 Å². The number of rotatable bonds is 5. The second-order valence-electron chi connectivity index (χ2n) is 6.82. The molecule has 1 aliphatic heterocycles. The molecule has 0 aromatic heterocycles. The first-order valence-electron chi connectivity index (χ1n) is 9.29. The largest absolute Gasteiger partial charge is 0.504 e. The van der Waals surface area contributed by atoms with E-state index in [0.29, 0.717) is 43.9 Å². The minimum Gasteiger partial charge on any atom is -0.504 e. The van der Waals surface area contributed by atoms with Gasteiger partial charge in [0.15, 0.2) is 17.3 Å². The molecule has 28 heavy (non-hydrogen) atoms. The molecular formula is C21H23FN2O4. The highest BCUT2D eigenvalue weighted by Gasteiger charge is 2.24. The zero-order valence-corrected chi connectivity index (χ0v) is 15.7. The van der Waals surface area contributed by atoms with Crippen LogP contribution in [0.4, 0.5) is 10.1 Å². The number of anilines is 1. The molecule has 2 aromatic carbocycles. The predicted molar refractivity (Wildman–Crippen MR) is 104 cm³/mol. The van der Waals surface area contributed by atoms with E-state index in [2.05, 4.69) is 0 Å². The molecule has 1 fully saturated rings. The first kappa shape index (κ1) is 19.7. The van der Waals surface area contributed by atoms with E-state index in [1.165, 1.54) is 24.3 Å². The van der Waals surface area contributed by atoms with Crippen molar-refractivity contribution in [3.8, 4) is 11.5 Å². The van der Waals surface area contributed by atoms with E-state index in [1.54, 1.807) is 17.0 Å². The van der Waals surface area contributed by atoms with Crippen LogP contribution in [0.1, 0.15) is 40.5 Å². The molecule has 0 unspecified atom stereocenters. The molecule has 2 aromatic rings. The van der Waals surface area contributed by atoms with Gasteiger partial charge in [0.1, 0.15) is 5.82 Å². The molecule has 6 nitrogen and oxygen atoms in total. The van der Waals surface area contributed by atoms with E-state index in [1.807, 2.05) is 11.8 Å². The Hall–Kier alpha value is -3.09. The number of nitrogens with zero attached hydrogens (tertiary/aromatic N) is 2. The first-order valence-corrected chi connectivity index (χ1v) is 9.29. The topological polar surface area (TPSA) is 81.1 Å². The minimum absolute atomic E-state index is 0.0690. The van der Waals surface area contributed by atoms with Crippen molar-refractivity contribution in [2.24, 2.45) is 0 Å². The van der Waals surface area contributed by atoms with Crippen molar-refractivity contribution in [2.45, 2.75) is 19.8 Å². The molecule has 1 heterocycles. The van der Waals surface area contributed by atoms with Gasteiger partial charge in [-0.2, -0.15) is 0 Å². The molecule has 0 atom stereocenters. The number of amides is 1. The molecular weight excluding hydrogens is 363 g/mol. The van der Waals surface area contributed by atoms with Gasteiger partial charge in [0.05, 0.1) is 5.69 Å². The third kappa shape index (κ3) is 4.08.